The molecule has 10 heteroatoms. The van der Waals surface area contributed by atoms with Crippen LogP contribution in [-0.4, -0.2) is 36.1 Å². The topological polar surface area (TPSA) is 87.0 Å². The van der Waals surface area contributed by atoms with Gasteiger partial charge in [-0.05, 0) is 37.3 Å². The maximum atomic E-state index is 12.5. The lowest BCUT2D eigenvalue weighted by molar-refractivity contribution is -0.143. The van der Waals surface area contributed by atoms with Crippen molar-refractivity contribution in [1.29, 1.82) is 0 Å². The Morgan fingerprint density at radius 2 is 1.96 bits per heavy atom. The van der Waals surface area contributed by atoms with Crippen LogP contribution in [0.15, 0.2) is 35.3 Å². The van der Waals surface area contributed by atoms with Crippen LogP contribution in [-0.2, 0) is 20.8 Å². The van der Waals surface area contributed by atoms with Crippen molar-refractivity contribution in [2.45, 2.75) is 13.5 Å². The summed E-state index contributed by atoms with van der Waals surface area (Å²) in [6.07, 6.45) is 0. The first-order chi connectivity index (χ1) is 13.4. The maximum Gasteiger partial charge on any atom is 0.337 e. The molecule has 0 aliphatic carbocycles. The summed E-state index contributed by atoms with van der Waals surface area (Å²) < 4.78 is 12.5. The third-order valence-corrected chi connectivity index (χ3v) is 5.94. The van der Waals surface area contributed by atoms with E-state index >= 15 is 0 Å². The summed E-state index contributed by atoms with van der Waals surface area (Å²) >= 11 is 8.20. The zero-order chi connectivity index (χ0) is 20.3. The van der Waals surface area contributed by atoms with Gasteiger partial charge in [0.1, 0.15) is 6.54 Å². The van der Waals surface area contributed by atoms with E-state index in [9.17, 15) is 14.4 Å². The lowest BCUT2D eigenvalue weighted by Gasteiger charge is -2.05. The van der Waals surface area contributed by atoms with E-state index in [1.54, 1.807) is 41.8 Å². The number of esters is 2. The minimum absolute atomic E-state index is 0.108. The molecule has 0 bridgehead atoms. The van der Waals surface area contributed by atoms with Gasteiger partial charge in [0.05, 0.1) is 38.7 Å². The van der Waals surface area contributed by atoms with Gasteiger partial charge >= 0.3 is 11.9 Å². The number of carbonyl (C=O) groups is 3. The first-order valence-corrected chi connectivity index (χ1v) is 10.2. The van der Waals surface area contributed by atoms with Crippen LogP contribution in [0.3, 0.4) is 0 Å². The smallest absolute Gasteiger partial charge is 0.337 e. The van der Waals surface area contributed by atoms with Crippen molar-refractivity contribution in [2.24, 2.45) is 4.99 Å². The molecular weight excluding hydrogens is 424 g/mol. The van der Waals surface area contributed by atoms with Crippen molar-refractivity contribution in [3.63, 3.8) is 0 Å². The molecule has 146 valence electrons. The predicted molar refractivity (Wildman–Crippen MR) is 107 cm³/mol. The number of rotatable bonds is 5. The van der Waals surface area contributed by atoms with Crippen LogP contribution in [0.5, 0.6) is 0 Å². The van der Waals surface area contributed by atoms with E-state index in [1.807, 2.05) is 0 Å². The summed E-state index contributed by atoms with van der Waals surface area (Å²) in [7, 11) is 1.30. The minimum Gasteiger partial charge on any atom is -0.465 e. The van der Waals surface area contributed by atoms with Gasteiger partial charge in [-0.2, -0.15) is 4.99 Å². The first kappa shape index (κ1) is 20.2. The molecule has 1 amide bonds. The Morgan fingerprint density at radius 3 is 2.61 bits per heavy atom. The number of carbonyl (C=O) groups excluding carboxylic acids is 3. The van der Waals surface area contributed by atoms with E-state index in [4.69, 9.17) is 21.1 Å². The number of benzene rings is 1. The molecule has 0 N–H and O–H groups in total. The van der Waals surface area contributed by atoms with E-state index in [-0.39, 0.29) is 13.2 Å². The highest BCUT2D eigenvalue weighted by atomic mass is 35.5. The molecule has 1 aromatic carbocycles. The number of methoxy groups -OCH3 is 1. The van der Waals surface area contributed by atoms with Crippen molar-refractivity contribution in [3.05, 3.63) is 49.9 Å². The lowest BCUT2D eigenvalue weighted by Crippen LogP contribution is -2.23. The molecule has 0 spiro atoms. The van der Waals surface area contributed by atoms with Crippen LogP contribution in [0.1, 0.15) is 27.0 Å². The number of nitrogens with zero attached hydrogens (tertiary/aromatic N) is 2. The Morgan fingerprint density at radius 1 is 1.18 bits per heavy atom. The van der Waals surface area contributed by atoms with E-state index in [0.29, 0.717) is 29.8 Å². The molecule has 2 aromatic heterocycles. The van der Waals surface area contributed by atoms with Gasteiger partial charge in [-0.1, -0.05) is 22.9 Å². The molecule has 0 fully saturated rings. The Hall–Kier alpha value is -2.49. The van der Waals surface area contributed by atoms with Crippen LogP contribution in [0.2, 0.25) is 4.34 Å². The minimum atomic E-state index is -0.477. The van der Waals surface area contributed by atoms with E-state index in [0.717, 1.165) is 11.3 Å². The molecule has 2 heterocycles. The van der Waals surface area contributed by atoms with Crippen LogP contribution in [0, 0.1) is 0 Å². The van der Waals surface area contributed by atoms with Crippen molar-refractivity contribution < 1.29 is 23.9 Å². The van der Waals surface area contributed by atoms with Crippen molar-refractivity contribution in [3.8, 4) is 0 Å². The van der Waals surface area contributed by atoms with Gasteiger partial charge in [0.2, 0.25) is 0 Å². The summed E-state index contributed by atoms with van der Waals surface area (Å²) in [5.41, 5.74) is 1.02. The van der Waals surface area contributed by atoms with Crippen LogP contribution in [0.4, 0.5) is 0 Å². The second-order valence-corrected chi connectivity index (χ2v) is 8.19. The van der Waals surface area contributed by atoms with E-state index in [1.165, 1.54) is 18.4 Å². The Bertz CT molecular complexity index is 1130. The second kappa shape index (κ2) is 8.68. The average Bonchev–Trinajstić information content (AvgIpc) is 3.25. The zero-order valence-electron chi connectivity index (χ0n) is 14.9. The van der Waals surface area contributed by atoms with Crippen molar-refractivity contribution >= 4 is 62.3 Å². The van der Waals surface area contributed by atoms with Gasteiger partial charge in [0.15, 0.2) is 4.80 Å². The number of fused-ring (bicyclic) bond motifs is 1. The average molecular weight is 439 g/mol. The maximum absolute atomic E-state index is 12.5. The molecule has 3 aromatic rings. The summed E-state index contributed by atoms with van der Waals surface area (Å²) in [5.74, 6) is -1.39. The fraction of sp³-hybridized carbons (Fsp3) is 0.222. The summed E-state index contributed by atoms with van der Waals surface area (Å²) in [5, 5.41) is 0. The molecular formula is C18H15ClN2O5S2. The highest BCUT2D eigenvalue weighted by molar-refractivity contribution is 7.18. The van der Waals surface area contributed by atoms with Gasteiger partial charge in [0.25, 0.3) is 5.91 Å². The number of halogens is 1. The number of amides is 1. The quantitative estimate of drug-likeness (QED) is 0.569. The fourth-order valence-corrected chi connectivity index (χ4v) is 4.46. The van der Waals surface area contributed by atoms with Crippen molar-refractivity contribution in [2.75, 3.05) is 13.7 Å². The van der Waals surface area contributed by atoms with Crippen LogP contribution >= 0.6 is 34.3 Å². The summed E-state index contributed by atoms with van der Waals surface area (Å²) in [6.45, 7) is 1.85. The van der Waals surface area contributed by atoms with Gasteiger partial charge in [0, 0.05) is 0 Å². The number of thiazole rings is 1. The van der Waals surface area contributed by atoms with Gasteiger partial charge in [-0.3, -0.25) is 9.59 Å². The van der Waals surface area contributed by atoms with E-state index < -0.39 is 17.8 Å². The molecule has 3 rings (SSSR count). The molecule has 0 aliphatic rings. The fourth-order valence-electron chi connectivity index (χ4n) is 2.46. The molecule has 0 aliphatic heterocycles. The Balaban J connectivity index is 2.12. The van der Waals surface area contributed by atoms with Crippen molar-refractivity contribution in [1.82, 2.24) is 4.57 Å². The highest BCUT2D eigenvalue weighted by Gasteiger charge is 2.15. The molecule has 28 heavy (non-hydrogen) atoms. The molecule has 0 saturated heterocycles. The molecule has 0 unspecified atom stereocenters. The molecule has 7 nitrogen and oxygen atoms in total. The second-order valence-electron chi connectivity index (χ2n) is 5.47. The summed E-state index contributed by atoms with van der Waals surface area (Å²) in [6, 6.07) is 8.13. The van der Waals surface area contributed by atoms with Gasteiger partial charge < -0.3 is 14.0 Å². The Kier molecular flexibility index (Phi) is 6.28. The first-order valence-electron chi connectivity index (χ1n) is 8.14. The normalized spacial score (nSPS) is 11.6. The molecule has 0 radical (unpaired) electrons. The summed E-state index contributed by atoms with van der Waals surface area (Å²) in [4.78, 5) is 41.2. The number of hydrogen-bond acceptors (Lipinski definition) is 7. The zero-order valence-corrected chi connectivity index (χ0v) is 17.3. The number of hydrogen-bond donors (Lipinski definition) is 0. The van der Waals surface area contributed by atoms with Gasteiger partial charge in [-0.25, -0.2) is 4.79 Å². The predicted octanol–water partition coefficient (Wildman–Crippen LogP) is 3.51. The van der Waals surface area contributed by atoms with Crippen LogP contribution in [0.25, 0.3) is 10.2 Å². The monoisotopic (exact) mass is 438 g/mol. The number of aromatic nitrogens is 1. The van der Waals surface area contributed by atoms with Crippen LogP contribution < -0.4 is 4.80 Å². The third kappa shape index (κ3) is 4.32. The molecule has 0 saturated carbocycles. The Labute approximate surface area is 172 Å². The largest absolute Gasteiger partial charge is 0.465 e. The molecule has 0 atom stereocenters. The SMILES string of the molecule is CCOC(=O)Cn1c(=NC(=O)c2ccc(Cl)s2)sc2cc(C(=O)OC)ccc21. The highest BCUT2D eigenvalue weighted by Crippen LogP contribution is 2.23. The number of thiophene rings is 1. The van der Waals surface area contributed by atoms with E-state index in [2.05, 4.69) is 4.99 Å². The lowest BCUT2D eigenvalue weighted by atomic mass is 10.2. The number of ether oxygens (including phenoxy) is 2. The standard InChI is InChI=1S/C18H15ClN2O5S2/c1-3-26-15(22)9-21-11-5-4-10(17(24)25-2)8-13(11)28-18(21)20-16(23)12-6-7-14(19)27-12/h4-8H,3,9H2,1-2H3. The third-order valence-electron chi connectivity index (χ3n) is 3.68. The van der Waals surface area contributed by atoms with Gasteiger partial charge in [-0.15, -0.1) is 11.3 Å².